The third-order valence-corrected chi connectivity index (χ3v) is 5.64. The van der Waals surface area contributed by atoms with Gasteiger partial charge in [0, 0.05) is 18.1 Å². The van der Waals surface area contributed by atoms with Gasteiger partial charge in [0.2, 0.25) is 10.0 Å². The smallest absolute Gasteiger partial charge is 0.273 e. The van der Waals surface area contributed by atoms with Gasteiger partial charge in [0.15, 0.2) is 0 Å². The van der Waals surface area contributed by atoms with Gasteiger partial charge in [0.05, 0.1) is 11.8 Å². The first-order chi connectivity index (χ1) is 8.00. The highest BCUT2D eigenvalue weighted by Crippen LogP contribution is 2.23. The van der Waals surface area contributed by atoms with Crippen molar-refractivity contribution in [3.8, 4) is 5.19 Å². The van der Waals surface area contributed by atoms with E-state index in [0.29, 0.717) is 18.3 Å². The van der Waals surface area contributed by atoms with E-state index in [-0.39, 0.29) is 11.4 Å². The molecule has 1 aliphatic rings. The first-order valence-corrected chi connectivity index (χ1v) is 7.93. The molecular weight excluding hydrogens is 260 g/mol. The molecule has 0 aliphatic carbocycles. The molecule has 0 spiro atoms. The highest BCUT2D eigenvalue weighted by Gasteiger charge is 2.34. The molecule has 2 rings (SSSR count). The second kappa shape index (κ2) is 4.91. The molecule has 1 aromatic heterocycles. The summed E-state index contributed by atoms with van der Waals surface area (Å²) in [5.41, 5.74) is 0. The van der Waals surface area contributed by atoms with Crippen molar-refractivity contribution in [2.75, 3.05) is 13.1 Å². The first kappa shape index (κ1) is 12.8. The van der Waals surface area contributed by atoms with Crippen LogP contribution in [0.25, 0.3) is 0 Å². The molecular formula is C10H16N2O3S2. The summed E-state index contributed by atoms with van der Waals surface area (Å²) in [5.74, 6) is 0. The molecule has 7 heteroatoms. The Morgan fingerprint density at radius 2 is 2.35 bits per heavy atom. The number of hydrogen-bond acceptors (Lipinski definition) is 5. The monoisotopic (exact) mass is 276 g/mol. The zero-order valence-electron chi connectivity index (χ0n) is 9.87. The minimum Gasteiger partial charge on any atom is -0.465 e. The van der Waals surface area contributed by atoms with E-state index in [2.05, 4.69) is 4.98 Å². The summed E-state index contributed by atoms with van der Waals surface area (Å²) in [5, 5.41) is 2.08. The standard InChI is InChI=1S/C10H16N2O3S2/c1-8(2)17(13,14)12-5-3-9(7-12)15-10-11-4-6-16-10/h4,6,8-9H,3,5,7H2,1-2H3. The van der Waals surface area contributed by atoms with Crippen LogP contribution in [0.15, 0.2) is 11.6 Å². The summed E-state index contributed by atoms with van der Waals surface area (Å²) in [6, 6.07) is 0. The molecule has 1 atom stereocenters. The first-order valence-electron chi connectivity index (χ1n) is 5.55. The second-order valence-electron chi connectivity index (χ2n) is 4.28. The molecule has 1 saturated heterocycles. The lowest BCUT2D eigenvalue weighted by Crippen LogP contribution is -2.35. The van der Waals surface area contributed by atoms with Crippen LogP contribution >= 0.6 is 11.3 Å². The van der Waals surface area contributed by atoms with Crippen molar-refractivity contribution in [1.82, 2.24) is 9.29 Å². The maximum atomic E-state index is 11.9. The number of nitrogens with zero attached hydrogens (tertiary/aromatic N) is 2. The number of sulfonamides is 1. The molecule has 0 radical (unpaired) electrons. The van der Waals surface area contributed by atoms with Crippen molar-refractivity contribution in [1.29, 1.82) is 0 Å². The molecule has 96 valence electrons. The van der Waals surface area contributed by atoms with Crippen LogP contribution in [0.2, 0.25) is 0 Å². The van der Waals surface area contributed by atoms with E-state index >= 15 is 0 Å². The summed E-state index contributed by atoms with van der Waals surface area (Å²) in [4.78, 5) is 4.03. The van der Waals surface area contributed by atoms with E-state index < -0.39 is 10.0 Å². The number of ether oxygens (including phenoxy) is 1. The average molecular weight is 276 g/mol. The van der Waals surface area contributed by atoms with Gasteiger partial charge in [0.25, 0.3) is 5.19 Å². The SMILES string of the molecule is CC(C)S(=O)(=O)N1CCC(Oc2nccs2)C1. The largest absolute Gasteiger partial charge is 0.465 e. The minimum atomic E-state index is -3.15. The molecule has 1 aliphatic heterocycles. The number of thiazole rings is 1. The Kier molecular flexibility index (Phi) is 3.70. The van der Waals surface area contributed by atoms with Crippen LogP contribution in [-0.4, -0.2) is 42.2 Å². The zero-order chi connectivity index (χ0) is 12.5. The molecule has 17 heavy (non-hydrogen) atoms. The molecule has 1 fully saturated rings. The fraction of sp³-hybridized carbons (Fsp3) is 0.700. The van der Waals surface area contributed by atoms with E-state index in [1.807, 2.05) is 5.38 Å². The van der Waals surface area contributed by atoms with Crippen LogP contribution in [0, 0.1) is 0 Å². The lowest BCUT2D eigenvalue weighted by atomic mass is 10.3. The van der Waals surface area contributed by atoms with E-state index in [1.54, 1.807) is 20.0 Å². The number of rotatable bonds is 4. The van der Waals surface area contributed by atoms with Crippen molar-refractivity contribution in [3.63, 3.8) is 0 Å². The van der Waals surface area contributed by atoms with Crippen molar-refractivity contribution in [3.05, 3.63) is 11.6 Å². The number of aromatic nitrogens is 1. The van der Waals surface area contributed by atoms with Crippen LogP contribution in [0.4, 0.5) is 0 Å². The van der Waals surface area contributed by atoms with E-state index in [1.165, 1.54) is 15.6 Å². The molecule has 5 nitrogen and oxygen atoms in total. The molecule has 1 aromatic rings. The van der Waals surface area contributed by atoms with Crippen molar-refractivity contribution in [2.24, 2.45) is 0 Å². The summed E-state index contributed by atoms with van der Waals surface area (Å²) in [6.07, 6.45) is 2.33. The van der Waals surface area contributed by atoms with Crippen molar-refractivity contribution < 1.29 is 13.2 Å². The van der Waals surface area contributed by atoms with E-state index in [0.717, 1.165) is 6.42 Å². The molecule has 0 aromatic carbocycles. The Balaban J connectivity index is 1.96. The van der Waals surface area contributed by atoms with Crippen LogP contribution < -0.4 is 4.74 Å². The minimum absolute atomic E-state index is 0.0744. The molecule has 0 amide bonds. The van der Waals surface area contributed by atoms with Gasteiger partial charge in [-0.3, -0.25) is 0 Å². The molecule has 0 saturated carbocycles. The normalized spacial score (nSPS) is 22.2. The lowest BCUT2D eigenvalue weighted by Gasteiger charge is -2.18. The van der Waals surface area contributed by atoms with Gasteiger partial charge in [-0.2, -0.15) is 4.31 Å². The van der Waals surface area contributed by atoms with Crippen LogP contribution in [-0.2, 0) is 10.0 Å². The van der Waals surface area contributed by atoms with Gasteiger partial charge in [-0.05, 0) is 20.3 Å². The predicted octanol–water partition coefficient (Wildman–Crippen LogP) is 1.33. The van der Waals surface area contributed by atoms with E-state index in [9.17, 15) is 8.42 Å². The Hall–Kier alpha value is -0.660. The Labute approximate surface area is 105 Å². The van der Waals surface area contributed by atoms with Crippen LogP contribution in [0.3, 0.4) is 0 Å². The topological polar surface area (TPSA) is 59.5 Å². The van der Waals surface area contributed by atoms with Crippen molar-refractivity contribution >= 4 is 21.4 Å². The van der Waals surface area contributed by atoms with Gasteiger partial charge in [-0.1, -0.05) is 11.3 Å². The van der Waals surface area contributed by atoms with Gasteiger partial charge in [0.1, 0.15) is 6.10 Å². The fourth-order valence-electron chi connectivity index (χ4n) is 1.73. The Morgan fingerprint density at radius 1 is 1.59 bits per heavy atom. The summed E-state index contributed by atoms with van der Waals surface area (Å²) < 4.78 is 31.0. The average Bonchev–Trinajstić information content (AvgIpc) is 2.89. The summed E-state index contributed by atoms with van der Waals surface area (Å²) in [7, 11) is -3.15. The van der Waals surface area contributed by atoms with Gasteiger partial charge < -0.3 is 4.74 Å². The summed E-state index contributed by atoms with van der Waals surface area (Å²) >= 11 is 1.42. The lowest BCUT2D eigenvalue weighted by molar-refractivity contribution is 0.214. The predicted molar refractivity (Wildman–Crippen MR) is 66.8 cm³/mol. The number of hydrogen-bond donors (Lipinski definition) is 0. The Bertz CT molecular complexity index is 456. The quantitative estimate of drug-likeness (QED) is 0.832. The van der Waals surface area contributed by atoms with Crippen LogP contribution in [0.1, 0.15) is 20.3 Å². The van der Waals surface area contributed by atoms with Gasteiger partial charge >= 0.3 is 0 Å². The van der Waals surface area contributed by atoms with Gasteiger partial charge in [-0.15, -0.1) is 0 Å². The maximum absolute atomic E-state index is 11.9. The van der Waals surface area contributed by atoms with Gasteiger partial charge in [-0.25, -0.2) is 13.4 Å². The van der Waals surface area contributed by atoms with Crippen LogP contribution in [0.5, 0.6) is 5.19 Å². The van der Waals surface area contributed by atoms with Crippen molar-refractivity contribution in [2.45, 2.75) is 31.6 Å². The summed E-state index contributed by atoms with van der Waals surface area (Å²) in [6.45, 7) is 4.37. The highest BCUT2D eigenvalue weighted by molar-refractivity contribution is 7.89. The maximum Gasteiger partial charge on any atom is 0.273 e. The molecule has 1 unspecified atom stereocenters. The fourth-order valence-corrected chi connectivity index (χ4v) is 3.62. The second-order valence-corrected chi connectivity index (χ2v) is 7.62. The zero-order valence-corrected chi connectivity index (χ0v) is 11.5. The third-order valence-electron chi connectivity index (χ3n) is 2.74. The Morgan fingerprint density at radius 3 is 2.94 bits per heavy atom. The third kappa shape index (κ3) is 2.78. The molecule has 0 N–H and O–H groups in total. The molecule has 0 bridgehead atoms. The molecule has 2 heterocycles. The highest BCUT2D eigenvalue weighted by atomic mass is 32.2. The van der Waals surface area contributed by atoms with E-state index in [4.69, 9.17) is 4.74 Å².